The predicted octanol–water partition coefficient (Wildman–Crippen LogP) is 8.34. The van der Waals surface area contributed by atoms with E-state index in [-0.39, 0.29) is 11.6 Å². The Morgan fingerprint density at radius 2 is 1.80 bits per heavy atom. The van der Waals surface area contributed by atoms with Crippen LogP contribution >= 0.6 is 22.9 Å². The number of fused-ring (bicyclic) bond motifs is 2. The maximum absolute atomic E-state index is 13.0. The maximum atomic E-state index is 13.0. The summed E-state index contributed by atoms with van der Waals surface area (Å²) in [6.45, 7) is 2.88. The van der Waals surface area contributed by atoms with Crippen molar-refractivity contribution in [2.75, 3.05) is 6.61 Å². The van der Waals surface area contributed by atoms with Gasteiger partial charge in [-0.05, 0) is 36.2 Å². The molecule has 40 heavy (non-hydrogen) atoms. The van der Waals surface area contributed by atoms with Gasteiger partial charge < -0.3 is 19.9 Å². The van der Waals surface area contributed by atoms with E-state index < -0.39 is 11.9 Å². The van der Waals surface area contributed by atoms with Crippen LogP contribution in [-0.4, -0.2) is 12.6 Å². The Morgan fingerprint density at radius 3 is 2.55 bits per heavy atom. The van der Waals surface area contributed by atoms with E-state index in [0.717, 1.165) is 39.8 Å². The van der Waals surface area contributed by atoms with Gasteiger partial charge in [-0.15, -0.1) is 11.3 Å². The Hall–Kier alpha value is -3.99. The number of nitrogens with zero attached hydrogens (tertiary/aromatic N) is 1. The van der Waals surface area contributed by atoms with Gasteiger partial charge in [-0.3, -0.25) is 0 Å². The van der Waals surface area contributed by atoms with E-state index in [1.807, 2.05) is 48.5 Å². The van der Waals surface area contributed by atoms with Crippen LogP contribution in [0.25, 0.3) is 10.1 Å². The van der Waals surface area contributed by atoms with Crippen molar-refractivity contribution in [3.63, 3.8) is 0 Å². The molecule has 0 saturated carbocycles. The van der Waals surface area contributed by atoms with Crippen LogP contribution in [0.2, 0.25) is 5.02 Å². The standard InChI is InChI=1S/C32H29ClN2O4S/c1-2-3-4-5-8-17-37-21-13-11-20(12-14-21)28-23-16-15-22(18-26(23)39-31(35)25(28)19-34)38-32(36)30-29(33)24-9-6-7-10-27(24)40-30/h6-7,9-16,18,28H,2-5,8,17,35H2,1H3. The highest BCUT2D eigenvalue weighted by atomic mass is 35.5. The van der Waals surface area contributed by atoms with Crippen molar-refractivity contribution in [3.8, 4) is 23.3 Å². The van der Waals surface area contributed by atoms with E-state index >= 15 is 0 Å². The molecule has 0 radical (unpaired) electrons. The van der Waals surface area contributed by atoms with Crippen molar-refractivity contribution in [2.45, 2.75) is 44.9 Å². The monoisotopic (exact) mass is 572 g/mol. The number of hydrogen-bond acceptors (Lipinski definition) is 7. The molecule has 0 bridgehead atoms. The topological polar surface area (TPSA) is 94.6 Å². The number of carbonyl (C=O) groups is 1. The number of halogens is 1. The van der Waals surface area contributed by atoms with Gasteiger partial charge in [-0.2, -0.15) is 5.26 Å². The average molecular weight is 573 g/mol. The molecule has 0 saturated heterocycles. The molecule has 0 fully saturated rings. The number of unbranched alkanes of at least 4 members (excludes halogenated alkanes) is 4. The average Bonchev–Trinajstić information content (AvgIpc) is 3.31. The first-order chi connectivity index (χ1) is 19.5. The molecule has 0 spiro atoms. The minimum atomic E-state index is -0.555. The largest absolute Gasteiger partial charge is 0.494 e. The maximum Gasteiger partial charge on any atom is 0.355 e. The lowest BCUT2D eigenvalue weighted by Crippen LogP contribution is -2.21. The first-order valence-corrected chi connectivity index (χ1v) is 14.5. The van der Waals surface area contributed by atoms with Crippen molar-refractivity contribution >= 4 is 39.0 Å². The number of allylic oxidation sites excluding steroid dienone is 1. The fraction of sp³-hybridized carbons (Fsp3) is 0.250. The van der Waals surface area contributed by atoms with Gasteiger partial charge in [-0.1, -0.05) is 80.6 Å². The van der Waals surface area contributed by atoms with E-state index in [4.69, 9.17) is 31.5 Å². The number of nitriles is 1. The zero-order valence-corrected chi connectivity index (χ0v) is 23.7. The molecule has 0 aliphatic carbocycles. The normalized spacial score (nSPS) is 14.4. The number of benzene rings is 3. The molecule has 6 nitrogen and oxygen atoms in total. The summed E-state index contributed by atoms with van der Waals surface area (Å²) >= 11 is 7.74. The van der Waals surface area contributed by atoms with Gasteiger partial charge in [0.15, 0.2) is 0 Å². The van der Waals surface area contributed by atoms with Crippen LogP contribution in [-0.2, 0) is 0 Å². The molecule has 204 valence electrons. The van der Waals surface area contributed by atoms with Crippen LogP contribution in [0.4, 0.5) is 0 Å². The van der Waals surface area contributed by atoms with Crippen LogP contribution in [0.15, 0.2) is 78.2 Å². The van der Waals surface area contributed by atoms with E-state index in [9.17, 15) is 10.1 Å². The molecule has 4 aromatic rings. The summed E-state index contributed by atoms with van der Waals surface area (Å²) in [4.78, 5) is 13.3. The molecule has 0 amide bonds. The Kier molecular flexibility index (Phi) is 8.59. The number of nitrogens with two attached hydrogens (primary N) is 1. The zero-order valence-electron chi connectivity index (χ0n) is 22.1. The summed E-state index contributed by atoms with van der Waals surface area (Å²) in [6, 6.07) is 22.5. The third kappa shape index (κ3) is 5.79. The third-order valence-electron chi connectivity index (χ3n) is 6.85. The molecule has 2 N–H and O–H groups in total. The molecule has 5 rings (SSSR count). The van der Waals surface area contributed by atoms with Crippen LogP contribution in [0.3, 0.4) is 0 Å². The number of ether oxygens (including phenoxy) is 3. The molecule has 1 aliphatic heterocycles. The second kappa shape index (κ2) is 12.5. The van der Waals surface area contributed by atoms with Gasteiger partial charge in [0, 0.05) is 21.7 Å². The van der Waals surface area contributed by atoms with Crippen LogP contribution < -0.4 is 19.9 Å². The van der Waals surface area contributed by atoms with Crippen molar-refractivity contribution in [2.24, 2.45) is 5.73 Å². The highest BCUT2D eigenvalue weighted by Gasteiger charge is 2.31. The van der Waals surface area contributed by atoms with Crippen molar-refractivity contribution < 1.29 is 19.0 Å². The Balaban J connectivity index is 1.34. The van der Waals surface area contributed by atoms with Crippen molar-refractivity contribution in [1.82, 2.24) is 0 Å². The third-order valence-corrected chi connectivity index (χ3v) is 8.51. The summed E-state index contributed by atoms with van der Waals surface area (Å²) in [7, 11) is 0. The summed E-state index contributed by atoms with van der Waals surface area (Å²) in [5, 5.41) is 11.1. The van der Waals surface area contributed by atoms with Gasteiger partial charge in [0.25, 0.3) is 0 Å². The first kappa shape index (κ1) is 27.6. The van der Waals surface area contributed by atoms with Gasteiger partial charge in [0.1, 0.15) is 33.8 Å². The fourth-order valence-electron chi connectivity index (χ4n) is 4.79. The van der Waals surface area contributed by atoms with Crippen molar-refractivity contribution in [3.05, 3.63) is 99.2 Å². The molecular formula is C32H29ClN2O4S. The SMILES string of the molecule is CCCCCCCOc1ccc(C2C(C#N)=C(N)Oc3cc(OC(=O)c4sc5ccccc5c4Cl)ccc32)cc1. The van der Waals surface area contributed by atoms with E-state index in [2.05, 4.69) is 13.0 Å². The second-order valence-corrected chi connectivity index (χ2v) is 11.0. The minimum Gasteiger partial charge on any atom is -0.494 e. The molecule has 2 heterocycles. The predicted molar refractivity (Wildman–Crippen MR) is 158 cm³/mol. The Labute approximate surface area is 242 Å². The van der Waals surface area contributed by atoms with E-state index in [0.29, 0.717) is 27.8 Å². The van der Waals surface area contributed by atoms with Crippen molar-refractivity contribution in [1.29, 1.82) is 5.26 Å². The zero-order chi connectivity index (χ0) is 28.1. The summed E-state index contributed by atoms with van der Waals surface area (Å²) in [6.07, 6.45) is 5.88. The van der Waals surface area contributed by atoms with E-state index in [1.54, 1.807) is 18.2 Å². The van der Waals surface area contributed by atoms with Gasteiger partial charge in [-0.25, -0.2) is 4.79 Å². The lowest BCUT2D eigenvalue weighted by molar-refractivity contribution is 0.0740. The van der Waals surface area contributed by atoms with E-state index in [1.165, 1.54) is 30.6 Å². The quantitative estimate of drug-likeness (QED) is 0.117. The molecule has 1 aromatic heterocycles. The lowest BCUT2D eigenvalue weighted by Gasteiger charge is -2.26. The molecule has 1 aliphatic rings. The number of hydrogen-bond donors (Lipinski definition) is 1. The first-order valence-electron chi connectivity index (χ1n) is 13.3. The fourth-order valence-corrected chi connectivity index (χ4v) is 6.18. The van der Waals surface area contributed by atoms with Crippen LogP contribution in [0.1, 0.15) is 65.7 Å². The lowest BCUT2D eigenvalue weighted by atomic mass is 9.83. The summed E-state index contributed by atoms with van der Waals surface area (Å²) in [5.74, 6) is 0.514. The molecular weight excluding hydrogens is 544 g/mol. The van der Waals surface area contributed by atoms with Gasteiger partial charge in [0.2, 0.25) is 5.88 Å². The number of thiophene rings is 1. The highest BCUT2D eigenvalue weighted by Crippen LogP contribution is 2.44. The number of carbonyl (C=O) groups excluding carboxylic acids is 1. The number of rotatable bonds is 10. The smallest absolute Gasteiger partial charge is 0.355 e. The van der Waals surface area contributed by atoms with Crippen LogP contribution in [0.5, 0.6) is 17.2 Å². The molecule has 1 unspecified atom stereocenters. The van der Waals surface area contributed by atoms with Gasteiger partial charge >= 0.3 is 5.97 Å². The number of esters is 1. The Bertz CT molecular complexity index is 1600. The Morgan fingerprint density at radius 1 is 1.05 bits per heavy atom. The highest BCUT2D eigenvalue weighted by molar-refractivity contribution is 7.21. The minimum absolute atomic E-state index is 0.0171. The molecule has 3 aromatic carbocycles. The summed E-state index contributed by atoms with van der Waals surface area (Å²) in [5.41, 5.74) is 8.11. The molecule has 8 heteroatoms. The van der Waals surface area contributed by atoms with Crippen LogP contribution in [0, 0.1) is 11.3 Å². The van der Waals surface area contributed by atoms with Gasteiger partial charge in [0.05, 0.1) is 17.5 Å². The molecule has 1 atom stereocenters. The summed E-state index contributed by atoms with van der Waals surface area (Å²) < 4.78 is 18.3. The second-order valence-electron chi connectivity index (χ2n) is 9.59.